The van der Waals surface area contributed by atoms with Crippen LogP contribution in [0, 0.1) is 6.92 Å². The minimum atomic E-state index is -0.267. The van der Waals surface area contributed by atoms with Gasteiger partial charge >= 0.3 is 0 Å². The first-order valence-electron chi connectivity index (χ1n) is 9.76. The first kappa shape index (κ1) is 21.8. The Bertz CT molecular complexity index is 981. The standard InChI is InChI=1S/C23H25N3O3S/c1-17-20(12-13-27)22(29)25-23(24-17)30-16-21(28)26(14-18-8-4-2-5-9-18)15-19-10-6-3-7-11-19/h2-11,27H,12-16H2,1H3,(H,24,25,29). The Balaban J connectivity index is 1.72. The number of carbonyl (C=O) groups excluding carboxylic acids is 1. The van der Waals surface area contributed by atoms with Crippen molar-refractivity contribution in [2.45, 2.75) is 31.6 Å². The summed E-state index contributed by atoms with van der Waals surface area (Å²) >= 11 is 1.21. The van der Waals surface area contributed by atoms with E-state index < -0.39 is 0 Å². The average Bonchev–Trinajstić information content (AvgIpc) is 2.75. The number of aromatic amines is 1. The summed E-state index contributed by atoms with van der Waals surface area (Å²) in [4.78, 5) is 34.1. The molecule has 2 aromatic carbocycles. The van der Waals surface area contributed by atoms with Gasteiger partial charge in [0.1, 0.15) is 0 Å². The predicted molar refractivity (Wildman–Crippen MR) is 118 cm³/mol. The molecule has 1 aromatic heterocycles. The maximum Gasteiger partial charge on any atom is 0.255 e. The van der Waals surface area contributed by atoms with Crippen LogP contribution in [0.15, 0.2) is 70.6 Å². The first-order chi connectivity index (χ1) is 14.6. The van der Waals surface area contributed by atoms with Crippen LogP contribution in [0.4, 0.5) is 0 Å². The van der Waals surface area contributed by atoms with Gasteiger partial charge in [-0.1, -0.05) is 72.4 Å². The van der Waals surface area contributed by atoms with Crippen LogP contribution < -0.4 is 5.56 Å². The maximum absolute atomic E-state index is 13.0. The number of nitrogens with zero attached hydrogens (tertiary/aromatic N) is 2. The largest absolute Gasteiger partial charge is 0.396 e. The Morgan fingerprint density at radius 2 is 1.60 bits per heavy atom. The molecular formula is C23H25N3O3S. The fraction of sp³-hybridized carbons (Fsp3) is 0.261. The van der Waals surface area contributed by atoms with Gasteiger partial charge in [0.25, 0.3) is 5.56 Å². The molecule has 3 aromatic rings. The van der Waals surface area contributed by atoms with Crippen molar-refractivity contribution < 1.29 is 9.90 Å². The minimum absolute atomic E-state index is 0.0348. The van der Waals surface area contributed by atoms with E-state index in [9.17, 15) is 9.59 Å². The van der Waals surface area contributed by atoms with Crippen LogP contribution in [0.2, 0.25) is 0 Å². The van der Waals surface area contributed by atoms with Gasteiger partial charge in [-0.25, -0.2) is 4.98 Å². The summed E-state index contributed by atoms with van der Waals surface area (Å²) in [7, 11) is 0. The van der Waals surface area contributed by atoms with E-state index >= 15 is 0 Å². The summed E-state index contributed by atoms with van der Waals surface area (Å²) < 4.78 is 0. The number of nitrogens with one attached hydrogen (secondary N) is 1. The summed E-state index contributed by atoms with van der Waals surface area (Å²) in [5.74, 6) is 0.133. The lowest BCUT2D eigenvalue weighted by Gasteiger charge is -2.23. The molecular weight excluding hydrogens is 398 g/mol. The Hall–Kier alpha value is -2.90. The number of rotatable bonds is 9. The molecule has 0 atom stereocenters. The molecule has 0 radical (unpaired) electrons. The zero-order valence-corrected chi connectivity index (χ0v) is 17.7. The molecule has 1 heterocycles. The molecule has 0 aliphatic rings. The second kappa shape index (κ2) is 10.8. The summed E-state index contributed by atoms with van der Waals surface area (Å²) in [5, 5.41) is 9.49. The van der Waals surface area contributed by atoms with Gasteiger partial charge in [-0.15, -0.1) is 0 Å². The molecule has 0 spiro atoms. The van der Waals surface area contributed by atoms with Crippen molar-refractivity contribution in [1.82, 2.24) is 14.9 Å². The molecule has 0 saturated heterocycles. The third-order valence-electron chi connectivity index (χ3n) is 4.68. The lowest BCUT2D eigenvalue weighted by molar-refractivity contribution is -0.129. The first-order valence-corrected chi connectivity index (χ1v) is 10.7. The summed E-state index contributed by atoms with van der Waals surface area (Å²) in [6, 6.07) is 19.7. The minimum Gasteiger partial charge on any atom is -0.396 e. The molecule has 1 amide bonds. The number of benzene rings is 2. The zero-order valence-electron chi connectivity index (χ0n) is 16.9. The Morgan fingerprint density at radius 3 is 2.10 bits per heavy atom. The van der Waals surface area contributed by atoms with Crippen molar-refractivity contribution in [2.75, 3.05) is 12.4 Å². The quantitative estimate of drug-likeness (QED) is 0.408. The number of thioether (sulfide) groups is 1. The molecule has 0 fully saturated rings. The number of aliphatic hydroxyl groups is 1. The van der Waals surface area contributed by atoms with Crippen molar-refractivity contribution in [3.63, 3.8) is 0 Å². The van der Waals surface area contributed by atoms with Gasteiger partial charge in [-0.05, 0) is 18.1 Å². The normalized spacial score (nSPS) is 10.7. The number of amides is 1. The average molecular weight is 424 g/mol. The van der Waals surface area contributed by atoms with E-state index in [0.29, 0.717) is 29.5 Å². The molecule has 0 aliphatic heterocycles. The van der Waals surface area contributed by atoms with E-state index in [0.717, 1.165) is 11.1 Å². The smallest absolute Gasteiger partial charge is 0.255 e. The van der Waals surface area contributed by atoms with Crippen molar-refractivity contribution in [2.24, 2.45) is 0 Å². The molecule has 156 valence electrons. The summed E-state index contributed by atoms with van der Waals surface area (Å²) in [6.07, 6.45) is 0.264. The Kier molecular flexibility index (Phi) is 7.82. The fourth-order valence-electron chi connectivity index (χ4n) is 3.12. The monoisotopic (exact) mass is 423 g/mol. The summed E-state index contributed by atoms with van der Waals surface area (Å²) in [6.45, 7) is 2.65. The third-order valence-corrected chi connectivity index (χ3v) is 5.54. The van der Waals surface area contributed by atoms with E-state index in [1.807, 2.05) is 65.6 Å². The molecule has 2 N–H and O–H groups in total. The lowest BCUT2D eigenvalue weighted by Crippen LogP contribution is -2.31. The van der Waals surface area contributed by atoms with Crippen molar-refractivity contribution in [3.05, 3.63) is 93.4 Å². The third kappa shape index (κ3) is 6.05. The van der Waals surface area contributed by atoms with Crippen LogP contribution in [0.5, 0.6) is 0 Å². The van der Waals surface area contributed by atoms with Gasteiger partial charge in [0.2, 0.25) is 5.91 Å². The molecule has 6 nitrogen and oxygen atoms in total. The van der Waals surface area contributed by atoms with E-state index in [1.54, 1.807) is 6.92 Å². The highest BCUT2D eigenvalue weighted by Crippen LogP contribution is 2.17. The highest BCUT2D eigenvalue weighted by molar-refractivity contribution is 7.99. The number of hydrogen-bond acceptors (Lipinski definition) is 5. The van der Waals surface area contributed by atoms with E-state index in [4.69, 9.17) is 5.11 Å². The van der Waals surface area contributed by atoms with Crippen molar-refractivity contribution in [3.8, 4) is 0 Å². The molecule has 3 rings (SSSR count). The second-order valence-electron chi connectivity index (χ2n) is 6.92. The van der Waals surface area contributed by atoms with Gasteiger partial charge in [-0.2, -0.15) is 0 Å². The van der Waals surface area contributed by atoms with E-state index in [1.165, 1.54) is 11.8 Å². The number of aryl methyl sites for hydroxylation is 1. The topological polar surface area (TPSA) is 86.3 Å². The van der Waals surface area contributed by atoms with Crippen LogP contribution >= 0.6 is 11.8 Å². The van der Waals surface area contributed by atoms with E-state index in [-0.39, 0.29) is 30.2 Å². The van der Waals surface area contributed by atoms with Gasteiger partial charge in [-0.3, -0.25) is 9.59 Å². The molecule has 7 heteroatoms. The SMILES string of the molecule is Cc1nc(SCC(=O)N(Cc2ccccc2)Cc2ccccc2)[nH]c(=O)c1CCO. The van der Waals surface area contributed by atoms with Crippen LogP contribution in [0.1, 0.15) is 22.4 Å². The van der Waals surface area contributed by atoms with Gasteiger partial charge in [0, 0.05) is 37.4 Å². The molecule has 0 aliphatic carbocycles. The van der Waals surface area contributed by atoms with Crippen LogP contribution in [0.25, 0.3) is 0 Å². The van der Waals surface area contributed by atoms with Gasteiger partial charge < -0.3 is 15.0 Å². The van der Waals surface area contributed by atoms with Gasteiger partial charge in [0.15, 0.2) is 5.16 Å². The Labute approximate surface area is 180 Å². The number of H-pyrrole nitrogens is 1. The second-order valence-corrected chi connectivity index (χ2v) is 7.88. The molecule has 0 bridgehead atoms. The van der Waals surface area contributed by atoms with E-state index in [2.05, 4.69) is 9.97 Å². The number of hydrogen-bond donors (Lipinski definition) is 2. The highest BCUT2D eigenvalue weighted by atomic mass is 32.2. The lowest BCUT2D eigenvalue weighted by atomic mass is 10.1. The van der Waals surface area contributed by atoms with Crippen LogP contribution in [-0.4, -0.2) is 38.2 Å². The number of carbonyl (C=O) groups is 1. The fourth-order valence-corrected chi connectivity index (χ4v) is 3.93. The summed E-state index contributed by atoms with van der Waals surface area (Å²) in [5.41, 5.74) is 2.90. The Morgan fingerprint density at radius 1 is 1.03 bits per heavy atom. The molecule has 30 heavy (non-hydrogen) atoms. The zero-order chi connectivity index (χ0) is 21.3. The van der Waals surface area contributed by atoms with Gasteiger partial charge in [0.05, 0.1) is 5.75 Å². The molecule has 0 saturated carbocycles. The van der Waals surface area contributed by atoms with Crippen molar-refractivity contribution >= 4 is 17.7 Å². The molecule has 0 unspecified atom stereocenters. The van der Waals surface area contributed by atoms with Crippen LogP contribution in [0.3, 0.4) is 0 Å². The van der Waals surface area contributed by atoms with Crippen molar-refractivity contribution in [1.29, 1.82) is 0 Å². The number of aliphatic hydroxyl groups excluding tert-OH is 1. The maximum atomic E-state index is 13.0. The van der Waals surface area contributed by atoms with Crippen LogP contribution in [-0.2, 0) is 24.3 Å². The number of aromatic nitrogens is 2. The highest BCUT2D eigenvalue weighted by Gasteiger charge is 2.16. The predicted octanol–water partition coefficient (Wildman–Crippen LogP) is 2.93.